The predicted octanol–water partition coefficient (Wildman–Crippen LogP) is 4.18. The molecule has 0 unspecified atom stereocenters. The number of alkyl halides is 12. The Hall–Kier alpha value is -4.01. The van der Waals surface area contributed by atoms with Crippen LogP contribution < -0.4 is 10.2 Å². The van der Waals surface area contributed by atoms with Crippen molar-refractivity contribution in [2.45, 2.75) is 38.6 Å². The van der Waals surface area contributed by atoms with Crippen LogP contribution in [0.4, 0.5) is 52.7 Å². The molecular weight excluding hydrogens is 687 g/mol. The molecule has 0 spiro atoms. The Kier molecular flexibility index (Phi) is 15.5. The van der Waals surface area contributed by atoms with Gasteiger partial charge < -0.3 is 30.0 Å². The van der Waals surface area contributed by atoms with Crippen LogP contribution >= 0.6 is 0 Å². The Balaban J connectivity index is 0. The fourth-order valence-corrected chi connectivity index (χ4v) is 2.60. The van der Waals surface area contributed by atoms with Gasteiger partial charge in [-0.15, -0.1) is 0 Å². The summed E-state index contributed by atoms with van der Waals surface area (Å²) in [6.07, 6.45) is -20.5. The monoisotopic (exact) mass is 703 g/mol. The Labute approximate surface area is 248 Å². The topological polar surface area (TPSA) is 145 Å². The second kappa shape index (κ2) is 16.2. The molecule has 0 saturated heterocycles. The van der Waals surface area contributed by atoms with Gasteiger partial charge in [0.05, 0.1) is 22.3 Å². The SMILES string of the molecule is CC(=O)[O-].CC(=O)[O-].Oc1c(C=NCN=Cc2cc(C(F)(F)F)cc(C(F)(F)F)c2O)cc(C(F)(F)F)cc1C(F)(F)F.[Co+2]. The zero-order valence-electron chi connectivity index (χ0n) is 21.5. The number of carboxylic acids is 2. The van der Waals surface area contributed by atoms with E-state index in [1.165, 1.54) is 0 Å². The standard InChI is InChI=1S/C19H10F12N2O2.2C2H4O2.Co/c20-16(21,22)10-1-8(14(34)12(3-10)18(26,27)28)5-32-7-33-6-9-2-11(17(23,24)25)4-13(15(9)35)19(29,30)31;2*1-2(3)4;/h1-6,34-35H,7H2;2*1H3,(H,3,4);/q;;;+2/p-2. The predicted molar refractivity (Wildman–Crippen MR) is 118 cm³/mol. The number of hydrogen-bond donors (Lipinski definition) is 2. The number of hydrogen-bond acceptors (Lipinski definition) is 8. The number of rotatable bonds is 4. The van der Waals surface area contributed by atoms with Crippen molar-refractivity contribution in [3.05, 3.63) is 57.6 Å². The third-order valence-corrected chi connectivity index (χ3v) is 4.17. The van der Waals surface area contributed by atoms with E-state index in [9.17, 15) is 62.9 Å². The van der Waals surface area contributed by atoms with Crippen LogP contribution in [0.15, 0.2) is 34.3 Å². The molecule has 0 atom stereocenters. The molecule has 0 saturated carbocycles. The third kappa shape index (κ3) is 14.4. The Morgan fingerprint density at radius 1 is 0.636 bits per heavy atom. The Bertz CT molecular complexity index is 1240. The Morgan fingerprint density at radius 3 is 1.09 bits per heavy atom. The minimum atomic E-state index is -5.37. The van der Waals surface area contributed by atoms with Gasteiger partial charge in [-0.05, 0) is 38.1 Å². The largest absolute Gasteiger partial charge is 2.00 e. The zero-order chi connectivity index (χ0) is 34.1. The molecule has 2 N–H and O–H groups in total. The first kappa shape index (κ1) is 42.1. The van der Waals surface area contributed by atoms with Gasteiger partial charge in [0.15, 0.2) is 0 Å². The molecule has 44 heavy (non-hydrogen) atoms. The molecule has 2 aromatic rings. The second-order valence-electron chi connectivity index (χ2n) is 7.66. The molecule has 0 aliphatic rings. The van der Waals surface area contributed by atoms with E-state index in [0.29, 0.717) is 12.4 Å². The number of aromatic hydroxyl groups is 2. The van der Waals surface area contributed by atoms with E-state index in [-0.39, 0.29) is 41.0 Å². The van der Waals surface area contributed by atoms with Gasteiger partial charge in [0, 0.05) is 35.5 Å². The van der Waals surface area contributed by atoms with Crippen LogP contribution in [0.25, 0.3) is 0 Å². The minimum absolute atomic E-state index is 0. The van der Waals surface area contributed by atoms with Crippen molar-refractivity contribution in [3.8, 4) is 11.5 Å². The summed E-state index contributed by atoms with van der Waals surface area (Å²) in [5.41, 5.74) is -9.67. The first-order valence-electron chi connectivity index (χ1n) is 10.6. The van der Waals surface area contributed by atoms with Gasteiger partial charge in [-0.3, -0.25) is 9.98 Å². The number of carboxylic acid groups (broad SMARTS) is 2. The summed E-state index contributed by atoms with van der Waals surface area (Å²) in [5.74, 6) is -5.38. The molecule has 0 amide bonds. The average molecular weight is 703 g/mol. The van der Waals surface area contributed by atoms with Crippen LogP contribution in [-0.4, -0.2) is 41.2 Å². The fourth-order valence-electron chi connectivity index (χ4n) is 2.60. The van der Waals surface area contributed by atoms with Crippen LogP contribution in [0.2, 0.25) is 0 Å². The summed E-state index contributed by atoms with van der Waals surface area (Å²) in [5, 5.41) is 37.0. The van der Waals surface area contributed by atoms with Crippen molar-refractivity contribution in [1.82, 2.24) is 0 Å². The van der Waals surface area contributed by atoms with Crippen molar-refractivity contribution < 1.29 is 99.5 Å². The molecule has 2 aromatic carbocycles. The number of phenols is 2. The number of benzene rings is 2. The summed E-state index contributed by atoms with van der Waals surface area (Å²) < 4.78 is 155. The summed E-state index contributed by atoms with van der Waals surface area (Å²) in [4.78, 5) is 24.4. The summed E-state index contributed by atoms with van der Waals surface area (Å²) in [7, 11) is 0. The number of aliphatic carboxylic acids is 2. The number of halogens is 12. The maximum atomic E-state index is 12.9. The molecular formula is C23H16CoF12N2O6. The van der Waals surface area contributed by atoms with Crippen molar-refractivity contribution in [1.29, 1.82) is 0 Å². The van der Waals surface area contributed by atoms with Crippen molar-refractivity contribution >= 4 is 24.4 Å². The molecule has 21 heteroatoms. The normalized spacial score (nSPS) is 12.1. The number of aliphatic imine (C=N–C) groups is 2. The number of carbonyl (C=O) groups excluding carboxylic acids is 2. The first-order valence-corrected chi connectivity index (χ1v) is 10.6. The molecule has 2 rings (SSSR count). The molecule has 0 bridgehead atoms. The fraction of sp³-hybridized carbons (Fsp3) is 0.304. The van der Waals surface area contributed by atoms with E-state index in [1.54, 1.807) is 0 Å². The minimum Gasteiger partial charge on any atom is -0.550 e. The quantitative estimate of drug-likeness (QED) is 0.361. The molecule has 0 fully saturated rings. The maximum Gasteiger partial charge on any atom is 2.00 e. The second-order valence-corrected chi connectivity index (χ2v) is 7.66. The smallest absolute Gasteiger partial charge is 0.550 e. The first-order chi connectivity index (χ1) is 19.2. The molecule has 0 aromatic heterocycles. The van der Waals surface area contributed by atoms with Crippen LogP contribution in [0, 0.1) is 0 Å². The van der Waals surface area contributed by atoms with Gasteiger partial charge in [-0.25, -0.2) is 0 Å². The van der Waals surface area contributed by atoms with Gasteiger partial charge >= 0.3 is 41.5 Å². The van der Waals surface area contributed by atoms with Gasteiger partial charge in [-0.1, -0.05) is 0 Å². The average Bonchev–Trinajstić information content (AvgIpc) is 2.76. The van der Waals surface area contributed by atoms with Crippen LogP contribution in [0.3, 0.4) is 0 Å². The van der Waals surface area contributed by atoms with Gasteiger partial charge in [0.2, 0.25) is 0 Å². The molecule has 1 radical (unpaired) electrons. The third-order valence-electron chi connectivity index (χ3n) is 4.17. The van der Waals surface area contributed by atoms with Crippen molar-refractivity contribution in [3.63, 3.8) is 0 Å². The summed E-state index contributed by atoms with van der Waals surface area (Å²) >= 11 is 0. The van der Waals surface area contributed by atoms with E-state index in [4.69, 9.17) is 19.8 Å². The van der Waals surface area contributed by atoms with E-state index in [1.807, 2.05) is 0 Å². The van der Waals surface area contributed by atoms with Crippen LogP contribution in [-0.2, 0) is 51.1 Å². The van der Waals surface area contributed by atoms with E-state index in [2.05, 4.69) is 9.98 Å². The van der Waals surface area contributed by atoms with E-state index in [0.717, 1.165) is 13.8 Å². The molecule has 0 aliphatic heterocycles. The van der Waals surface area contributed by atoms with E-state index >= 15 is 0 Å². The zero-order valence-corrected chi connectivity index (χ0v) is 22.5. The number of nitrogens with zero attached hydrogens (tertiary/aromatic N) is 2. The summed E-state index contributed by atoms with van der Waals surface area (Å²) in [6.45, 7) is 1.02. The molecule has 247 valence electrons. The van der Waals surface area contributed by atoms with Gasteiger partial charge in [0.1, 0.15) is 18.2 Å². The van der Waals surface area contributed by atoms with Gasteiger partial charge in [0.25, 0.3) is 0 Å². The molecule has 8 nitrogen and oxygen atoms in total. The molecule has 0 heterocycles. The van der Waals surface area contributed by atoms with E-state index < -0.39 is 88.2 Å². The van der Waals surface area contributed by atoms with Crippen molar-refractivity contribution in [2.75, 3.05) is 6.67 Å². The van der Waals surface area contributed by atoms with Crippen LogP contribution in [0.5, 0.6) is 11.5 Å². The maximum absolute atomic E-state index is 12.9. The summed E-state index contributed by atoms with van der Waals surface area (Å²) in [6, 6.07) is -0.406. The van der Waals surface area contributed by atoms with Crippen molar-refractivity contribution in [2.24, 2.45) is 9.98 Å². The molecule has 0 aliphatic carbocycles. The van der Waals surface area contributed by atoms with Gasteiger partial charge in [-0.2, -0.15) is 52.7 Å². The van der Waals surface area contributed by atoms with Crippen LogP contribution in [0.1, 0.15) is 47.2 Å². The number of phenolic OH excluding ortho intramolecular Hbond substituents is 2. The Morgan fingerprint density at radius 2 is 0.886 bits per heavy atom. The number of carbonyl (C=O) groups is 2.